The second kappa shape index (κ2) is 9.64. The van der Waals surface area contributed by atoms with Gasteiger partial charge in [0.2, 0.25) is 11.8 Å². The highest BCUT2D eigenvalue weighted by molar-refractivity contribution is 7.99. The number of nitrogens with one attached hydrogen (secondary N) is 1. The van der Waals surface area contributed by atoms with Crippen LogP contribution in [0.25, 0.3) is 0 Å². The Bertz CT molecular complexity index is 775. The summed E-state index contributed by atoms with van der Waals surface area (Å²) in [7, 11) is 1.65. The number of halogens is 1. The molecule has 0 unspecified atom stereocenters. The lowest BCUT2D eigenvalue weighted by Gasteiger charge is -2.18. The zero-order chi connectivity index (χ0) is 19.1. The molecule has 2 amide bonds. The predicted octanol–water partition coefficient (Wildman–Crippen LogP) is 4.29. The molecular formula is C20H23ClN2O2S. The summed E-state index contributed by atoms with van der Waals surface area (Å²) in [6.07, 6.45) is 0. The van der Waals surface area contributed by atoms with E-state index in [9.17, 15) is 9.59 Å². The monoisotopic (exact) mass is 390 g/mol. The number of rotatable bonds is 7. The maximum absolute atomic E-state index is 12.2. The molecule has 0 saturated heterocycles. The summed E-state index contributed by atoms with van der Waals surface area (Å²) in [5.41, 5.74) is 3.90. The minimum atomic E-state index is -0.196. The van der Waals surface area contributed by atoms with Gasteiger partial charge in [0.1, 0.15) is 0 Å². The molecule has 0 spiro atoms. The first-order valence-electron chi connectivity index (χ1n) is 8.29. The van der Waals surface area contributed by atoms with Gasteiger partial charge in [-0.15, -0.1) is 11.8 Å². The number of para-hydroxylation sites is 1. The minimum absolute atomic E-state index is 0.0321. The van der Waals surface area contributed by atoms with E-state index in [0.717, 1.165) is 22.4 Å². The van der Waals surface area contributed by atoms with Gasteiger partial charge in [0.15, 0.2) is 0 Å². The van der Waals surface area contributed by atoms with Crippen molar-refractivity contribution < 1.29 is 9.59 Å². The fourth-order valence-corrected chi connectivity index (χ4v) is 3.61. The van der Waals surface area contributed by atoms with E-state index >= 15 is 0 Å². The van der Waals surface area contributed by atoms with Crippen LogP contribution in [-0.4, -0.2) is 36.1 Å². The van der Waals surface area contributed by atoms with Gasteiger partial charge in [-0.3, -0.25) is 9.59 Å². The van der Waals surface area contributed by atoms with Crippen LogP contribution in [0.4, 0.5) is 5.69 Å². The number of benzene rings is 2. The van der Waals surface area contributed by atoms with Crippen molar-refractivity contribution >= 4 is 40.9 Å². The van der Waals surface area contributed by atoms with E-state index in [1.165, 1.54) is 16.7 Å². The predicted molar refractivity (Wildman–Crippen MR) is 110 cm³/mol. The number of aryl methyl sites for hydroxylation is 2. The van der Waals surface area contributed by atoms with Crippen molar-refractivity contribution in [2.75, 3.05) is 24.7 Å². The van der Waals surface area contributed by atoms with Gasteiger partial charge in [-0.25, -0.2) is 0 Å². The first-order valence-corrected chi connectivity index (χ1v) is 9.82. The van der Waals surface area contributed by atoms with E-state index in [1.807, 2.05) is 56.3 Å². The van der Waals surface area contributed by atoms with Crippen LogP contribution in [0.1, 0.15) is 16.7 Å². The second-order valence-corrected chi connectivity index (χ2v) is 7.61. The zero-order valence-corrected chi connectivity index (χ0v) is 16.8. The smallest absolute Gasteiger partial charge is 0.243 e. The Hall–Kier alpha value is -1.98. The maximum atomic E-state index is 12.2. The normalized spacial score (nSPS) is 10.5. The van der Waals surface area contributed by atoms with E-state index < -0.39 is 0 Å². The van der Waals surface area contributed by atoms with Gasteiger partial charge in [0.05, 0.1) is 12.3 Å². The third kappa shape index (κ3) is 6.07. The molecule has 6 heteroatoms. The highest BCUT2D eigenvalue weighted by Crippen LogP contribution is 2.19. The van der Waals surface area contributed by atoms with Crippen molar-refractivity contribution in [3.8, 4) is 0 Å². The number of hydrogen-bond acceptors (Lipinski definition) is 3. The van der Waals surface area contributed by atoms with E-state index in [0.29, 0.717) is 16.5 Å². The van der Waals surface area contributed by atoms with Gasteiger partial charge in [-0.1, -0.05) is 41.9 Å². The molecule has 1 N–H and O–H groups in total. The van der Waals surface area contributed by atoms with Crippen LogP contribution in [0.3, 0.4) is 0 Å². The molecule has 0 fully saturated rings. The van der Waals surface area contributed by atoms with Crippen LogP contribution in [0.5, 0.6) is 0 Å². The van der Waals surface area contributed by atoms with Crippen LogP contribution < -0.4 is 5.32 Å². The molecule has 0 saturated carbocycles. The van der Waals surface area contributed by atoms with Crippen molar-refractivity contribution in [1.29, 1.82) is 0 Å². The molecule has 0 radical (unpaired) electrons. The van der Waals surface area contributed by atoms with Crippen molar-refractivity contribution in [2.24, 2.45) is 0 Å². The summed E-state index contributed by atoms with van der Waals surface area (Å²) in [5, 5.41) is 3.59. The fraction of sp³-hybridized carbons (Fsp3) is 0.300. The number of anilines is 1. The van der Waals surface area contributed by atoms with E-state index in [4.69, 9.17) is 11.6 Å². The molecule has 0 atom stereocenters. The zero-order valence-electron chi connectivity index (χ0n) is 15.2. The highest BCUT2D eigenvalue weighted by Gasteiger charge is 2.14. The van der Waals surface area contributed by atoms with Gasteiger partial charge < -0.3 is 10.2 Å². The molecule has 2 aromatic carbocycles. The minimum Gasteiger partial charge on any atom is -0.336 e. The first kappa shape index (κ1) is 20.3. The molecule has 0 aromatic heterocycles. The average molecular weight is 391 g/mol. The first-order chi connectivity index (χ1) is 12.4. The topological polar surface area (TPSA) is 49.4 Å². The molecule has 138 valence electrons. The number of nitrogens with zero attached hydrogens (tertiary/aromatic N) is 1. The lowest BCUT2D eigenvalue weighted by molar-refractivity contribution is -0.131. The third-order valence-corrected chi connectivity index (χ3v) is 5.16. The number of thioether (sulfide) groups is 1. The van der Waals surface area contributed by atoms with Gasteiger partial charge in [0.25, 0.3) is 0 Å². The molecule has 0 heterocycles. The van der Waals surface area contributed by atoms with Crippen LogP contribution in [0, 0.1) is 13.8 Å². The molecule has 4 nitrogen and oxygen atoms in total. The van der Waals surface area contributed by atoms with Crippen molar-refractivity contribution in [2.45, 2.75) is 19.6 Å². The van der Waals surface area contributed by atoms with Crippen LogP contribution in [0.2, 0.25) is 5.02 Å². The van der Waals surface area contributed by atoms with Crippen LogP contribution >= 0.6 is 23.4 Å². The van der Waals surface area contributed by atoms with Crippen molar-refractivity contribution in [3.63, 3.8) is 0 Å². The van der Waals surface area contributed by atoms with Crippen LogP contribution in [0.15, 0.2) is 42.5 Å². The summed E-state index contributed by atoms with van der Waals surface area (Å²) in [5.74, 6) is 0.751. The fourth-order valence-electron chi connectivity index (χ4n) is 2.49. The third-order valence-electron chi connectivity index (χ3n) is 3.94. The van der Waals surface area contributed by atoms with Crippen LogP contribution in [-0.2, 0) is 15.3 Å². The molecule has 0 aliphatic heterocycles. The Morgan fingerprint density at radius 1 is 1.12 bits per heavy atom. The highest BCUT2D eigenvalue weighted by atomic mass is 35.5. The maximum Gasteiger partial charge on any atom is 0.243 e. The molecule has 2 rings (SSSR count). The molecule has 2 aromatic rings. The van der Waals surface area contributed by atoms with E-state index in [1.54, 1.807) is 7.05 Å². The molecule has 26 heavy (non-hydrogen) atoms. The van der Waals surface area contributed by atoms with Gasteiger partial charge in [-0.05, 0) is 42.7 Å². The summed E-state index contributed by atoms with van der Waals surface area (Å²) in [6.45, 7) is 3.93. The largest absolute Gasteiger partial charge is 0.336 e. The molecule has 0 aliphatic rings. The Kier molecular flexibility index (Phi) is 7.54. The number of carbonyl (C=O) groups excluding carboxylic acids is 2. The van der Waals surface area contributed by atoms with Crippen molar-refractivity contribution in [3.05, 3.63) is 64.2 Å². The lowest BCUT2D eigenvalue weighted by atomic mass is 10.1. The number of carbonyl (C=O) groups is 2. The summed E-state index contributed by atoms with van der Waals surface area (Å²) in [4.78, 5) is 25.9. The summed E-state index contributed by atoms with van der Waals surface area (Å²) < 4.78 is 0. The van der Waals surface area contributed by atoms with E-state index in [2.05, 4.69) is 5.32 Å². The lowest BCUT2D eigenvalue weighted by Crippen LogP contribution is -2.36. The average Bonchev–Trinajstić information content (AvgIpc) is 2.58. The van der Waals surface area contributed by atoms with E-state index in [-0.39, 0.29) is 18.4 Å². The van der Waals surface area contributed by atoms with Crippen molar-refractivity contribution in [1.82, 2.24) is 4.90 Å². The quantitative estimate of drug-likeness (QED) is 0.767. The Balaban J connectivity index is 1.80. The number of hydrogen-bond donors (Lipinski definition) is 1. The molecule has 0 bridgehead atoms. The second-order valence-electron chi connectivity index (χ2n) is 6.19. The SMILES string of the molecule is Cc1cccc(C)c1NC(=O)CN(C)C(=O)CSCc1cccc(Cl)c1. The summed E-state index contributed by atoms with van der Waals surface area (Å²) in [6, 6.07) is 13.4. The van der Waals surface area contributed by atoms with Gasteiger partial charge in [0, 0.05) is 23.5 Å². The number of amides is 2. The summed E-state index contributed by atoms with van der Waals surface area (Å²) >= 11 is 7.46. The number of likely N-dealkylation sites (N-methyl/N-ethyl adjacent to an activating group) is 1. The molecule has 0 aliphatic carbocycles. The Morgan fingerprint density at radius 2 is 1.77 bits per heavy atom. The van der Waals surface area contributed by atoms with Gasteiger partial charge >= 0.3 is 0 Å². The molecular weight excluding hydrogens is 368 g/mol. The Labute approximate surface area is 163 Å². The van der Waals surface area contributed by atoms with Gasteiger partial charge in [-0.2, -0.15) is 0 Å². The standard InChI is InChI=1S/C20H23ClN2O2S/c1-14-6-4-7-15(2)20(14)22-18(24)11-23(3)19(25)13-26-12-16-8-5-9-17(21)10-16/h4-10H,11-13H2,1-3H3,(H,22,24). The Morgan fingerprint density at radius 3 is 2.42 bits per heavy atom.